The van der Waals surface area contributed by atoms with Crippen molar-refractivity contribution in [3.63, 3.8) is 0 Å². The van der Waals surface area contributed by atoms with E-state index < -0.39 is 0 Å². The van der Waals surface area contributed by atoms with Crippen molar-refractivity contribution < 1.29 is 4.74 Å². The standard InChI is InChI=1S/C12H15NOS/c1-14-9-3-2-4-10-11(9)13-7-12(5-6-12)8-15-10/h2-4,13H,5-8H2,1H3. The second-order valence-electron chi connectivity index (χ2n) is 4.48. The summed E-state index contributed by atoms with van der Waals surface area (Å²) in [5.74, 6) is 2.22. The molecule has 0 aromatic heterocycles. The van der Waals surface area contributed by atoms with Gasteiger partial charge in [0.15, 0.2) is 0 Å². The van der Waals surface area contributed by atoms with E-state index >= 15 is 0 Å². The van der Waals surface area contributed by atoms with Crippen LogP contribution in [0.5, 0.6) is 5.75 Å². The van der Waals surface area contributed by atoms with Crippen LogP contribution in [-0.2, 0) is 0 Å². The van der Waals surface area contributed by atoms with E-state index in [2.05, 4.69) is 17.4 Å². The molecule has 0 bridgehead atoms. The predicted octanol–water partition coefficient (Wildman–Crippen LogP) is 2.99. The van der Waals surface area contributed by atoms with Crippen molar-refractivity contribution >= 4 is 17.4 Å². The van der Waals surface area contributed by atoms with Gasteiger partial charge < -0.3 is 10.1 Å². The molecule has 2 nitrogen and oxygen atoms in total. The van der Waals surface area contributed by atoms with Crippen molar-refractivity contribution in [1.29, 1.82) is 0 Å². The van der Waals surface area contributed by atoms with Crippen LogP contribution in [0.15, 0.2) is 23.1 Å². The number of rotatable bonds is 1. The normalized spacial score (nSPS) is 21.4. The zero-order chi connectivity index (χ0) is 10.3. The third kappa shape index (κ3) is 1.59. The van der Waals surface area contributed by atoms with Crippen molar-refractivity contribution in [3.05, 3.63) is 18.2 Å². The number of thioether (sulfide) groups is 1. The van der Waals surface area contributed by atoms with Crippen LogP contribution in [0.3, 0.4) is 0 Å². The van der Waals surface area contributed by atoms with Crippen LogP contribution in [0.25, 0.3) is 0 Å². The molecule has 1 saturated carbocycles. The minimum atomic E-state index is 0.578. The first-order valence-electron chi connectivity index (χ1n) is 5.37. The smallest absolute Gasteiger partial charge is 0.143 e. The van der Waals surface area contributed by atoms with E-state index in [1.165, 1.54) is 29.2 Å². The van der Waals surface area contributed by atoms with Crippen LogP contribution in [-0.4, -0.2) is 19.4 Å². The Morgan fingerprint density at radius 3 is 3.00 bits per heavy atom. The van der Waals surface area contributed by atoms with Crippen molar-refractivity contribution in [2.75, 3.05) is 24.7 Å². The maximum Gasteiger partial charge on any atom is 0.143 e. The van der Waals surface area contributed by atoms with Crippen LogP contribution < -0.4 is 10.1 Å². The molecular weight excluding hydrogens is 206 g/mol. The molecule has 1 spiro atoms. The van der Waals surface area contributed by atoms with E-state index in [9.17, 15) is 0 Å². The first-order chi connectivity index (χ1) is 7.33. The Morgan fingerprint density at radius 2 is 2.27 bits per heavy atom. The van der Waals surface area contributed by atoms with Gasteiger partial charge in [0.25, 0.3) is 0 Å². The number of para-hydroxylation sites is 1. The maximum absolute atomic E-state index is 5.38. The molecule has 1 aliphatic heterocycles. The molecule has 80 valence electrons. The lowest BCUT2D eigenvalue weighted by molar-refractivity contribution is 0.415. The maximum atomic E-state index is 5.38. The monoisotopic (exact) mass is 221 g/mol. The summed E-state index contributed by atoms with van der Waals surface area (Å²) in [4.78, 5) is 1.33. The molecule has 1 fully saturated rings. The summed E-state index contributed by atoms with van der Waals surface area (Å²) < 4.78 is 5.38. The molecule has 0 unspecified atom stereocenters. The molecule has 3 rings (SSSR count). The minimum Gasteiger partial charge on any atom is -0.495 e. The summed E-state index contributed by atoms with van der Waals surface area (Å²) in [7, 11) is 1.74. The predicted molar refractivity (Wildman–Crippen MR) is 63.9 cm³/mol. The Kier molecular flexibility index (Phi) is 2.09. The third-order valence-electron chi connectivity index (χ3n) is 3.34. The van der Waals surface area contributed by atoms with Gasteiger partial charge in [-0.05, 0) is 30.4 Å². The SMILES string of the molecule is COc1cccc2c1NCC1(CC1)CS2. The van der Waals surface area contributed by atoms with Crippen LogP contribution in [0.4, 0.5) is 5.69 Å². The number of anilines is 1. The van der Waals surface area contributed by atoms with Crippen molar-refractivity contribution in [3.8, 4) is 5.75 Å². The van der Waals surface area contributed by atoms with E-state index in [0.717, 1.165) is 12.3 Å². The third-order valence-corrected chi connectivity index (χ3v) is 4.75. The van der Waals surface area contributed by atoms with Gasteiger partial charge in [0.2, 0.25) is 0 Å². The summed E-state index contributed by atoms with van der Waals surface area (Å²) in [6.45, 7) is 1.10. The van der Waals surface area contributed by atoms with Gasteiger partial charge in [-0.25, -0.2) is 0 Å². The minimum absolute atomic E-state index is 0.578. The topological polar surface area (TPSA) is 21.3 Å². The first kappa shape index (κ1) is 9.40. The molecule has 0 saturated heterocycles. The fourth-order valence-corrected chi connectivity index (χ4v) is 3.38. The fourth-order valence-electron chi connectivity index (χ4n) is 2.03. The van der Waals surface area contributed by atoms with Gasteiger partial charge in [-0.15, -0.1) is 11.8 Å². The second kappa shape index (κ2) is 3.34. The van der Waals surface area contributed by atoms with Crippen LogP contribution >= 0.6 is 11.8 Å². The number of benzene rings is 1. The van der Waals surface area contributed by atoms with Gasteiger partial charge >= 0.3 is 0 Å². The Labute approximate surface area is 94.4 Å². The number of fused-ring (bicyclic) bond motifs is 1. The molecule has 0 amide bonds. The highest BCUT2D eigenvalue weighted by Crippen LogP contribution is 2.52. The molecular formula is C12H15NOS. The van der Waals surface area contributed by atoms with Gasteiger partial charge in [0, 0.05) is 17.2 Å². The average Bonchev–Trinajstić information content (AvgIpc) is 3.07. The highest BCUT2D eigenvalue weighted by molar-refractivity contribution is 7.99. The van der Waals surface area contributed by atoms with Gasteiger partial charge in [-0.3, -0.25) is 0 Å². The van der Waals surface area contributed by atoms with E-state index in [1.54, 1.807) is 7.11 Å². The summed E-state index contributed by atoms with van der Waals surface area (Å²) in [6, 6.07) is 6.27. The molecule has 2 aliphatic rings. The lowest BCUT2D eigenvalue weighted by Gasteiger charge is -2.13. The van der Waals surface area contributed by atoms with Crippen molar-refractivity contribution in [1.82, 2.24) is 0 Å². The van der Waals surface area contributed by atoms with Gasteiger partial charge in [-0.1, -0.05) is 6.07 Å². The highest BCUT2D eigenvalue weighted by Gasteiger charge is 2.43. The second-order valence-corrected chi connectivity index (χ2v) is 5.49. The lowest BCUT2D eigenvalue weighted by Crippen LogP contribution is -2.15. The molecule has 1 aromatic rings. The van der Waals surface area contributed by atoms with Crippen molar-refractivity contribution in [2.24, 2.45) is 5.41 Å². The molecule has 1 aliphatic carbocycles. The number of methoxy groups -OCH3 is 1. The molecule has 3 heteroatoms. The average molecular weight is 221 g/mol. The van der Waals surface area contributed by atoms with Crippen LogP contribution in [0.1, 0.15) is 12.8 Å². The van der Waals surface area contributed by atoms with Gasteiger partial charge in [0.1, 0.15) is 5.75 Å². The van der Waals surface area contributed by atoms with Gasteiger partial charge in [0.05, 0.1) is 12.8 Å². The number of hydrogen-bond donors (Lipinski definition) is 1. The summed E-state index contributed by atoms with van der Waals surface area (Å²) in [5, 5.41) is 3.55. The molecule has 1 heterocycles. The van der Waals surface area contributed by atoms with Crippen LogP contribution in [0, 0.1) is 5.41 Å². The zero-order valence-corrected chi connectivity index (χ0v) is 9.69. The number of ether oxygens (including phenoxy) is 1. The van der Waals surface area contributed by atoms with E-state index in [1.807, 2.05) is 17.8 Å². The summed E-state index contributed by atoms with van der Waals surface area (Å²) in [6.07, 6.45) is 2.76. The van der Waals surface area contributed by atoms with E-state index in [4.69, 9.17) is 4.74 Å². The molecule has 1 N–H and O–H groups in total. The molecule has 1 aromatic carbocycles. The Hall–Kier alpha value is -0.830. The molecule has 0 atom stereocenters. The number of nitrogens with one attached hydrogen (secondary N) is 1. The first-order valence-corrected chi connectivity index (χ1v) is 6.35. The highest BCUT2D eigenvalue weighted by atomic mass is 32.2. The Bertz CT molecular complexity index is 387. The lowest BCUT2D eigenvalue weighted by atomic mass is 10.1. The Morgan fingerprint density at radius 1 is 1.40 bits per heavy atom. The fraction of sp³-hybridized carbons (Fsp3) is 0.500. The molecule has 0 radical (unpaired) electrons. The zero-order valence-electron chi connectivity index (χ0n) is 8.88. The van der Waals surface area contributed by atoms with E-state index in [0.29, 0.717) is 5.41 Å². The summed E-state index contributed by atoms with van der Waals surface area (Å²) in [5.41, 5.74) is 1.77. The summed E-state index contributed by atoms with van der Waals surface area (Å²) >= 11 is 1.97. The largest absolute Gasteiger partial charge is 0.495 e. The van der Waals surface area contributed by atoms with E-state index in [-0.39, 0.29) is 0 Å². The van der Waals surface area contributed by atoms with Crippen molar-refractivity contribution in [2.45, 2.75) is 17.7 Å². The van der Waals surface area contributed by atoms with Gasteiger partial charge in [-0.2, -0.15) is 0 Å². The number of hydrogen-bond acceptors (Lipinski definition) is 3. The Balaban J connectivity index is 1.95. The quantitative estimate of drug-likeness (QED) is 0.787. The van der Waals surface area contributed by atoms with Crippen LogP contribution in [0.2, 0.25) is 0 Å². The molecule has 15 heavy (non-hydrogen) atoms.